The molecular formula is C28H48INO3. The van der Waals surface area contributed by atoms with E-state index in [1.165, 1.54) is 76.2 Å². The fourth-order valence-electron chi connectivity index (χ4n) is 4.47. The standard InChI is InChI=1S/C28H48NO3.HI/c1-29(21-24-31-25-22-29)23-26-32-28(30)20-16-11-9-7-5-3-2-4-6-8-10-13-17-27-18-14-12-15-19-27;/h12,14-15,18-19H,2-11,13,16-17,20-26H2,1H3;1H/q+1;/p-1. The van der Waals surface area contributed by atoms with Crippen molar-refractivity contribution in [1.82, 2.24) is 0 Å². The Kier molecular flexibility index (Phi) is 18.1. The van der Waals surface area contributed by atoms with Gasteiger partial charge in [0.25, 0.3) is 0 Å². The first-order valence-corrected chi connectivity index (χ1v) is 13.3. The molecule has 190 valence electrons. The number of aryl methyl sites for hydroxylation is 1. The van der Waals surface area contributed by atoms with Crippen molar-refractivity contribution in [2.75, 3.05) is 46.5 Å². The fraction of sp³-hybridized carbons (Fsp3) is 0.750. The molecule has 0 radical (unpaired) electrons. The highest BCUT2D eigenvalue weighted by atomic mass is 127. The van der Waals surface area contributed by atoms with E-state index < -0.39 is 0 Å². The predicted octanol–water partition coefficient (Wildman–Crippen LogP) is 3.32. The molecule has 5 heteroatoms. The molecule has 0 saturated carbocycles. The first-order valence-electron chi connectivity index (χ1n) is 13.3. The quantitative estimate of drug-likeness (QED) is 0.117. The molecule has 1 aromatic carbocycles. The summed E-state index contributed by atoms with van der Waals surface area (Å²) >= 11 is 0. The Hall–Kier alpha value is -0.660. The van der Waals surface area contributed by atoms with E-state index >= 15 is 0 Å². The highest BCUT2D eigenvalue weighted by Gasteiger charge is 2.25. The van der Waals surface area contributed by atoms with Crippen molar-refractivity contribution in [1.29, 1.82) is 0 Å². The number of nitrogens with zero attached hydrogens (tertiary/aromatic N) is 1. The van der Waals surface area contributed by atoms with Gasteiger partial charge in [0.2, 0.25) is 0 Å². The Morgan fingerprint density at radius 3 is 1.91 bits per heavy atom. The second-order valence-corrected chi connectivity index (χ2v) is 9.85. The van der Waals surface area contributed by atoms with Crippen LogP contribution in [0.4, 0.5) is 0 Å². The van der Waals surface area contributed by atoms with E-state index in [4.69, 9.17) is 9.47 Å². The first-order chi connectivity index (χ1) is 15.7. The molecule has 1 fully saturated rings. The molecule has 33 heavy (non-hydrogen) atoms. The van der Waals surface area contributed by atoms with Crippen LogP contribution in [0.25, 0.3) is 0 Å². The van der Waals surface area contributed by atoms with Gasteiger partial charge in [0.15, 0.2) is 0 Å². The normalized spacial score (nSPS) is 15.1. The van der Waals surface area contributed by atoms with Crippen molar-refractivity contribution < 1.29 is 42.7 Å². The maximum atomic E-state index is 11.9. The Morgan fingerprint density at radius 2 is 1.33 bits per heavy atom. The number of quaternary nitrogens is 1. The zero-order valence-electron chi connectivity index (χ0n) is 21.1. The average molecular weight is 574 g/mol. The lowest BCUT2D eigenvalue weighted by Gasteiger charge is -2.37. The third-order valence-electron chi connectivity index (χ3n) is 6.88. The number of carbonyl (C=O) groups is 1. The van der Waals surface area contributed by atoms with E-state index in [2.05, 4.69) is 37.4 Å². The molecule has 1 heterocycles. The van der Waals surface area contributed by atoms with Gasteiger partial charge in [0.05, 0.1) is 20.3 Å². The minimum Gasteiger partial charge on any atom is -1.00 e. The van der Waals surface area contributed by atoms with Gasteiger partial charge in [-0.25, -0.2) is 0 Å². The molecule has 2 rings (SSSR count). The SMILES string of the molecule is C[N+]1(CCOC(=O)CCCCCCCCCCCCCCc2ccccc2)CCOCC1.[I-]. The van der Waals surface area contributed by atoms with E-state index in [1.54, 1.807) is 0 Å². The van der Waals surface area contributed by atoms with Crippen molar-refractivity contribution in [3.63, 3.8) is 0 Å². The summed E-state index contributed by atoms with van der Waals surface area (Å²) in [5.41, 5.74) is 1.48. The zero-order chi connectivity index (χ0) is 22.7. The Labute approximate surface area is 220 Å². The van der Waals surface area contributed by atoms with Gasteiger partial charge in [-0.3, -0.25) is 4.79 Å². The second kappa shape index (κ2) is 19.6. The molecule has 0 aromatic heterocycles. The topological polar surface area (TPSA) is 35.5 Å². The smallest absolute Gasteiger partial charge is 0.305 e. The number of hydrogen-bond acceptors (Lipinski definition) is 3. The summed E-state index contributed by atoms with van der Waals surface area (Å²) in [6.07, 6.45) is 17.5. The number of ether oxygens (including phenoxy) is 2. The molecular weight excluding hydrogens is 525 g/mol. The van der Waals surface area contributed by atoms with Crippen LogP contribution in [-0.2, 0) is 20.7 Å². The summed E-state index contributed by atoms with van der Waals surface area (Å²) in [7, 11) is 2.23. The van der Waals surface area contributed by atoms with E-state index in [-0.39, 0.29) is 29.9 Å². The van der Waals surface area contributed by atoms with Gasteiger partial charge < -0.3 is 37.9 Å². The van der Waals surface area contributed by atoms with Crippen molar-refractivity contribution >= 4 is 5.97 Å². The number of hydrogen-bond donors (Lipinski definition) is 0. The highest BCUT2D eigenvalue weighted by molar-refractivity contribution is 5.69. The number of benzene rings is 1. The molecule has 1 aliphatic rings. The van der Waals surface area contributed by atoms with Crippen LogP contribution in [-0.4, -0.2) is 57.0 Å². The van der Waals surface area contributed by atoms with Crippen LogP contribution in [0, 0.1) is 0 Å². The molecule has 1 saturated heterocycles. The molecule has 0 spiro atoms. The van der Waals surface area contributed by atoms with Crippen LogP contribution in [0.2, 0.25) is 0 Å². The van der Waals surface area contributed by atoms with E-state index in [1.807, 2.05) is 0 Å². The molecule has 1 aromatic rings. The molecule has 0 N–H and O–H groups in total. The molecule has 0 bridgehead atoms. The number of halogens is 1. The van der Waals surface area contributed by atoms with Gasteiger partial charge in [-0.15, -0.1) is 0 Å². The molecule has 0 amide bonds. The Balaban J connectivity index is 0.00000544. The summed E-state index contributed by atoms with van der Waals surface area (Å²) in [6.45, 7) is 5.13. The minimum absolute atomic E-state index is 0. The summed E-state index contributed by atoms with van der Waals surface area (Å²) in [4.78, 5) is 11.9. The zero-order valence-corrected chi connectivity index (χ0v) is 23.2. The number of morpholine rings is 1. The van der Waals surface area contributed by atoms with Crippen LogP contribution >= 0.6 is 0 Å². The lowest BCUT2D eigenvalue weighted by molar-refractivity contribution is -0.917. The summed E-state index contributed by atoms with van der Waals surface area (Å²) in [5.74, 6) is -0.0198. The molecule has 0 aliphatic carbocycles. The van der Waals surface area contributed by atoms with Crippen LogP contribution in [0.5, 0.6) is 0 Å². The Morgan fingerprint density at radius 1 is 0.818 bits per heavy atom. The first kappa shape index (κ1) is 30.4. The minimum atomic E-state index is -0.0198. The molecule has 0 atom stereocenters. The maximum Gasteiger partial charge on any atom is 0.305 e. The maximum absolute atomic E-state index is 11.9. The van der Waals surface area contributed by atoms with Gasteiger partial charge in [0, 0.05) is 6.42 Å². The highest BCUT2D eigenvalue weighted by Crippen LogP contribution is 2.14. The number of carbonyl (C=O) groups excluding carboxylic acids is 1. The molecule has 0 unspecified atom stereocenters. The number of rotatable bonds is 18. The van der Waals surface area contributed by atoms with Gasteiger partial charge in [-0.1, -0.05) is 94.5 Å². The molecule has 4 nitrogen and oxygen atoms in total. The average Bonchev–Trinajstić information content (AvgIpc) is 2.80. The third-order valence-corrected chi connectivity index (χ3v) is 6.88. The van der Waals surface area contributed by atoms with Crippen LogP contribution in [0.15, 0.2) is 30.3 Å². The van der Waals surface area contributed by atoms with E-state index in [0.29, 0.717) is 13.0 Å². The van der Waals surface area contributed by atoms with Gasteiger partial charge in [-0.05, 0) is 24.8 Å². The number of likely N-dealkylation sites (N-methyl/N-ethyl adjacent to an activating group) is 1. The monoisotopic (exact) mass is 573 g/mol. The van der Waals surface area contributed by atoms with Crippen LogP contribution in [0.1, 0.15) is 89.0 Å². The van der Waals surface area contributed by atoms with E-state index in [9.17, 15) is 4.79 Å². The summed E-state index contributed by atoms with van der Waals surface area (Å²) < 4.78 is 11.8. The fourth-order valence-corrected chi connectivity index (χ4v) is 4.47. The lowest BCUT2D eigenvalue weighted by atomic mass is 10.0. The number of esters is 1. The number of unbranched alkanes of at least 4 members (excludes halogenated alkanes) is 11. The summed E-state index contributed by atoms with van der Waals surface area (Å²) in [5, 5.41) is 0. The Bertz CT molecular complexity index is 590. The molecule has 1 aliphatic heterocycles. The largest absolute Gasteiger partial charge is 1.00 e. The van der Waals surface area contributed by atoms with E-state index in [0.717, 1.165) is 50.2 Å². The summed E-state index contributed by atoms with van der Waals surface area (Å²) in [6, 6.07) is 10.8. The third kappa shape index (κ3) is 15.8. The van der Waals surface area contributed by atoms with Gasteiger partial charge >= 0.3 is 5.97 Å². The van der Waals surface area contributed by atoms with Crippen molar-refractivity contribution in [3.8, 4) is 0 Å². The predicted molar refractivity (Wildman–Crippen MR) is 133 cm³/mol. The lowest BCUT2D eigenvalue weighted by Crippen LogP contribution is -3.00. The van der Waals surface area contributed by atoms with Crippen LogP contribution in [0.3, 0.4) is 0 Å². The van der Waals surface area contributed by atoms with Crippen LogP contribution < -0.4 is 24.0 Å². The van der Waals surface area contributed by atoms with Gasteiger partial charge in [-0.2, -0.15) is 0 Å². The van der Waals surface area contributed by atoms with Crippen molar-refractivity contribution in [3.05, 3.63) is 35.9 Å². The van der Waals surface area contributed by atoms with Crippen molar-refractivity contribution in [2.24, 2.45) is 0 Å². The van der Waals surface area contributed by atoms with Crippen molar-refractivity contribution in [2.45, 2.75) is 89.9 Å². The second-order valence-electron chi connectivity index (χ2n) is 9.85. The van der Waals surface area contributed by atoms with Gasteiger partial charge in [0.1, 0.15) is 26.2 Å².